The first kappa shape index (κ1) is 19.7. The predicted molar refractivity (Wildman–Crippen MR) is 111 cm³/mol. The van der Waals surface area contributed by atoms with Gasteiger partial charge >= 0.3 is 0 Å². The number of hydrogen-bond donors (Lipinski definition) is 0. The van der Waals surface area contributed by atoms with Gasteiger partial charge in [-0.15, -0.1) is 5.92 Å². The van der Waals surface area contributed by atoms with Crippen molar-refractivity contribution < 1.29 is 9.63 Å². The SMILES string of the molecule is CCCCC1(C#CCCc2ccccc2)c2cc(Br)ccc2C(=O)N1OC. The number of unbranched alkanes of at least 4 members (excludes halogenated alkanes) is 1. The molecule has 27 heavy (non-hydrogen) atoms. The molecule has 3 rings (SSSR count). The van der Waals surface area contributed by atoms with Crippen LogP contribution >= 0.6 is 15.9 Å². The van der Waals surface area contributed by atoms with Crippen LogP contribution in [0.2, 0.25) is 0 Å². The number of rotatable bonds is 6. The molecule has 1 atom stereocenters. The molecule has 0 radical (unpaired) electrons. The van der Waals surface area contributed by atoms with Gasteiger partial charge in [-0.05, 0) is 43.0 Å². The first-order valence-electron chi connectivity index (χ1n) is 9.35. The summed E-state index contributed by atoms with van der Waals surface area (Å²) in [7, 11) is 1.55. The van der Waals surface area contributed by atoms with E-state index in [2.05, 4.69) is 46.8 Å². The number of aryl methyl sites for hydroxylation is 1. The summed E-state index contributed by atoms with van der Waals surface area (Å²) < 4.78 is 0.943. The van der Waals surface area contributed by atoms with Crippen molar-refractivity contribution in [3.63, 3.8) is 0 Å². The lowest BCUT2D eigenvalue weighted by atomic mass is 9.85. The molecular weight excluding hydrogens is 402 g/mol. The van der Waals surface area contributed by atoms with E-state index in [1.165, 1.54) is 10.6 Å². The number of carbonyl (C=O) groups excluding carboxylic acids is 1. The number of hydrogen-bond acceptors (Lipinski definition) is 2. The van der Waals surface area contributed by atoms with E-state index in [4.69, 9.17) is 4.84 Å². The van der Waals surface area contributed by atoms with Gasteiger partial charge in [0, 0.05) is 22.0 Å². The topological polar surface area (TPSA) is 29.5 Å². The minimum Gasteiger partial charge on any atom is -0.272 e. The van der Waals surface area contributed by atoms with Gasteiger partial charge in [0.1, 0.15) is 0 Å². The molecular formula is C23H24BrNO2. The minimum atomic E-state index is -0.725. The second kappa shape index (κ2) is 8.73. The summed E-state index contributed by atoms with van der Waals surface area (Å²) >= 11 is 3.54. The fourth-order valence-electron chi connectivity index (χ4n) is 3.59. The zero-order valence-electron chi connectivity index (χ0n) is 15.8. The summed E-state index contributed by atoms with van der Waals surface area (Å²) in [5.74, 6) is 6.64. The molecule has 1 heterocycles. The monoisotopic (exact) mass is 425 g/mol. The van der Waals surface area contributed by atoms with Gasteiger partial charge in [0.2, 0.25) is 0 Å². The number of nitrogens with zero attached hydrogens (tertiary/aromatic N) is 1. The largest absolute Gasteiger partial charge is 0.279 e. The first-order valence-corrected chi connectivity index (χ1v) is 10.1. The second-order valence-corrected chi connectivity index (χ2v) is 7.64. The van der Waals surface area contributed by atoms with Gasteiger partial charge in [0.15, 0.2) is 5.54 Å². The predicted octanol–water partition coefficient (Wildman–Crippen LogP) is 5.49. The molecule has 1 unspecified atom stereocenters. The lowest BCUT2D eigenvalue weighted by Gasteiger charge is -2.32. The highest BCUT2D eigenvalue weighted by Crippen LogP contribution is 2.43. The first-order chi connectivity index (χ1) is 13.1. The maximum absolute atomic E-state index is 12.9. The van der Waals surface area contributed by atoms with Crippen molar-refractivity contribution in [2.24, 2.45) is 0 Å². The van der Waals surface area contributed by atoms with Crippen LogP contribution in [-0.4, -0.2) is 18.1 Å². The molecule has 2 aromatic rings. The fourth-order valence-corrected chi connectivity index (χ4v) is 3.95. The molecule has 1 aliphatic rings. The zero-order chi connectivity index (χ0) is 19.3. The summed E-state index contributed by atoms with van der Waals surface area (Å²) in [5.41, 5.74) is 2.15. The van der Waals surface area contributed by atoms with Crippen molar-refractivity contribution in [3.8, 4) is 11.8 Å². The van der Waals surface area contributed by atoms with Gasteiger partial charge in [-0.25, -0.2) is 0 Å². The highest BCUT2D eigenvalue weighted by Gasteiger charge is 2.49. The van der Waals surface area contributed by atoms with E-state index >= 15 is 0 Å². The van der Waals surface area contributed by atoms with Crippen LogP contribution in [0.25, 0.3) is 0 Å². The van der Waals surface area contributed by atoms with Crippen molar-refractivity contribution >= 4 is 21.8 Å². The molecule has 0 N–H and O–H groups in total. The van der Waals surface area contributed by atoms with Crippen LogP contribution in [0.5, 0.6) is 0 Å². The van der Waals surface area contributed by atoms with E-state index in [1.54, 1.807) is 7.11 Å². The van der Waals surface area contributed by atoms with Crippen LogP contribution in [0.1, 0.15) is 54.1 Å². The van der Waals surface area contributed by atoms with E-state index in [1.807, 2.05) is 36.4 Å². The summed E-state index contributed by atoms with van der Waals surface area (Å²) in [6.07, 6.45) is 4.39. The molecule has 3 nitrogen and oxygen atoms in total. The van der Waals surface area contributed by atoms with Crippen molar-refractivity contribution in [2.45, 2.75) is 44.6 Å². The Morgan fingerprint density at radius 3 is 2.67 bits per heavy atom. The highest BCUT2D eigenvalue weighted by atomic mass is 79.9. The molecule has 0 spiro atoms. The molecule has 1 aliphatic heterocycles. The molecule has 1 amide bonds. The zero-order valence-corrected chi connectivity index (χ0v) is 17.4. The van der Waals surface area contributed by atoms with Gasteiger partial charge in [-0.1, -0.05) is 65.5 Å². The van der Waals surface area contributed by atoms with Crippen LogP contribution in [-0.2, 0) is 16.8 Å². The molecule has 0 aliphatic carbocycles. The van der Waals surface area contributed by atoms with Crippen LogP contribution in [0.4, 0.5) is 0 Å². The third kappa shape index (κ3) is 3.95. The maximum atomic E-state index is 12.9. The lowest BCUT2D eigenvalue weighted by Crippen LogP contribution is -2.42. The summed E-state index contributed by atoms with van der Waals surface area (Å²) in [6.45, 7) is 2.15. The molecule has 2 aromatic carbocycles. The molecule has 0 saturated heterocycles. The molecule has 4 heteroatoms. The number of benzene rings is 2. The lowest BCUT2D eigenvalue weighted by molar-refractivity contribution is -0.143. The minimum absolute atomic E-state index is 0.117. The second-order valence-electron chi connectivity index (χ2n) is 6.72. The summed E-state index contributed by atoms with van der Waals surface area (Å²) in [4.78, 5) is 18.4. The third-order valence-corrected chi connectivity index (χ3v) is 5.43. The van der Waals surface area contributed by atoms with Crippen LogP contribution in [0.3, 0.4) is 0 Å². The van der Waals surface area contributed by atoms with Crippen LogP contribution in [0.15, 0.2) is 53.0 Å². The van der Waals surface area contributed by atoms with Crippen LogP contribution < -0.4 is 0 Å². The van der Waals surface area contributed by atoms with E-state index in [9.17, 15) is 4.79 Å². The normalized spacial score (nSPS) is 18.2. The number of hydroxylamine groups is 2. The van der Waals surface area contributed by atoms with Crippen molar-refractivity contribution in [2.75, 3.05) is 7.11 Å². The Bertz CT molecular complexity index is 869. The van der Waals surface area contributed by atoms with Gasteiger partial charge in [-0.2, -0.15) is 5.06 Å². The molecule has 0 aromatic heterocycles. The smallest absolute Gasteiger partial charge is 0.272 e. The summed E-state index contributed by atoms with van der Waals surface area (Å²) in [6, 6.07) is 16.1. The molecule has 140 valence electrons. The quantitative estimate of drug-likeness (QED) is 0.572. The van der Waals surface area contributed by atoms with E-state index in [-0.39, 0.29) is 5.91 Å². The average molecular weight is 426 g/mol. The Morgan fingerprint density at radius 2 is 1.96 bits per heavy atom. The van der Waals surface area contributed by atoms with Gasteiger partial charge in [0.05, 0.1) is 7.11 Å². The molecule has 0 bridgehead atoms. The number of halogens is 1. The van der Waals surface area contributed by atoms with Crippen molar-refractivity contribution in [3.05, 3.63) is 69.7 Å². The third-order valence-electron chi connectivity index (χ3n) is 4.94. The Balaban J connectivity index is 1.95. The maximum Gasteiger partial charge on any atom is 0.279 e. The molecule has 0 saturated carbocycles. The average Bonchev–Trinajstić information content (AvgIpc) is 2.92. The van der Waals surface area contributed by atoms with Gasteiger partial charge in [-0.3, -0.25) is 9.63 Å². The number of carbonyl (C=O) groups is 1. The van der Waals surface area contributed by atoms with Gasteiger partial charge in [0.25, 0.3) is 5.91 Å². The summed E-state index contributed by atoms with van der Waals surface area (Å²) in [5, 5.41) is 1.47. The van der Waals surface area contributed by atoms with Crippen molar-refractivity contribution in [1.29, 1.82) is 0 Å². The Morgan fingerprint density at radius 1 is 1.19 bits per heavy atom. The van der Waals surface area contributed by atoms with E-state index in [0.29, 0.717) is 5.56 Å². The highest BCUT2D eigenvalue weighted by molar-refractivity contribution is 9.10. The number of fused-ring (bicyclic) bond motifs is 1. The van der Waals surface area contributed by atoms with Crippen LogP contribution in [0, 0.1) is 11.8 Å². The Hall–Kier alpha value is -2.09. The Labute approximate surface area is 169 Å². The standard InChI is InChI=1S/C23H24BrNO2/c1-3-4-15-23(16-9-8-12-18-10-6-5-7-11-18)21-17-19(24)13-14-20(21)22(26)25(23)27-2/h5-7,10-11,13-14,17H,3-4,8,12,15H2,1-2H3. The number of amides is 1. The molecule has 0 fully saturated rings. The fraction of sp³-hybridized carbons (Fsp3) is 0.348. The van der Waals surface area contributed by atoms with E-state index in [0.717, 1.165) is 42.1 Å². The van der Waals surface area contributed by atoms with Gasteiger partial charge < -0.3 is 0 Å². The van der Waals surface area contributed by atoms with Crippen molar-refractivity contribution in [1.82, 2.24) is 5.06 Å². The van der Waals surface area contributed by atoms with E-state index < -0.39 is 5.54 Å². The Kier molecular flexibility index (Phi) is 6.36.